The van der Waals surface area contributed by atoms with Gasteiger partial charge in [0.1, 0.15) is 17.1 Å². The van der Waals surface area contributed by atoms with Gasteiger partial charge in [0.05, 0.1) is 6.33 Å². The number of anilines is 1. The maximum absolute atomic E-state index is 13.0. The lowest BCUT2D eigenvalue weighted by Crippen LogP contribution is -2.54. The van der Waals surface area contributed by atoms with E-state index in [1.165, 1.54) is 6.33 Å². The van der Waals surface area contributed by atoms with Crippen molar-refractivity contribution >= 4 is 39.4 Å². The standard InChI is InChI=1S/C18H17F3N6O3S/c1-10-7-25(15-13(16(29)30)24-17(31-15)18(19,20)21)5-6-27(10)12(28)8-26-9-23-11-3-2-4-22-14(11)26/h2-4,9-10H,5-8H2,1H3,(H,29,30). The lowest BCUT2D eigenvalue weighted by Gasteiger charge is -2.40. The number of carbonyl (C=O) groups excluding carboxylic acids is 1. The summed E-state index contributed by atoms with van der Waals surface area (Å²) in [4.78, 5) is 39.1. The summed E-state index contributed by atoms with van der Waals surface area (Å²) < 4.78 is 40.7. The number of pyridine rings is 1. The highest BCUT2D eigenvalue weighted by Crippen LogP contribution is 2.39. The minimum Gasteiger partial charge on any atom is -0.476 e. The molecule has 1 N–H and O–H groups in total. The molecule has 0 bridgehead atoms. The van der Waals surface area contributed by atoms with Crippen LogP contribution in [-0.4, -0.2) is 67.1 Å². The smallest absolute Gasteiger partial charge is 0.443 e. The molecule has 1 fully saturated rings. The molecule has 0 aromatic carbocycles. The van der Waals surface area contributed by atoms with Gasteiger partial charge in [0.15, 0.2) is 11.3 Å². The Bertz CT molecular complexity index is 1140. The van der Waals surface area contributed by atoms with Gasteiger partial charge in [-0.25, -0.2) is 19.7 Å². The molecule has 1 unspecified atom stereocenters. The molecule has 1 amide bonds. The highest BCUT2D eigenvalue weighted by molar-refractivity contribution is 7.16. The zero-order chi connectivity index (χ0) is 22.3. The van der Waals surface area contributed by atoms with Crippen molar-refractivity contribution < 1.29 is 27.9 Å². The third-order valence-corrected chi connectivity index (χ3v) is 6.13. The van der Waals surface area contributed by atoms with Crippen LogP contribution in [0.1, 0.15) is 22.4 Å². The summed E-state index contributed by atoms with van der Waals surface area (Å²) in [7, 11) is 0. The fourth-order valence-corrected chi connectivity index (χ4v) is 4.51. The number of aromatic nitrogens is 4. The van der Waals surface area contributed by atoms with Gasteiger partial charge in [-0.2, -0.15) is 13.2 Å². The molecule has 0 radical (unpaired) electrons. The number of carboxylic acids is 1. The Morgan fingerprint density at radius 3 is 2.74 bits per heavy atom. The van der Waals surface area contributed by atoms with Crippen molar-refractivity contribution in [2.75, 3.05) is 24.5 Å². The number of carboxylic acid groups (broad SMARTS) is 1. The van der Waals surface area contributed by atoms with E-state index in [2.05, 4.69) is 15.0 Å². The molecular formula is C18H17F3N6O3S. The van der Waals surface area contributed by atoms with Crippen LogP contribution in [0.2, 0.25) is 0 Å². The minimum atomic E-state index is -4.72. The number of thiazole rings is 1. The van der Waals surface area contributed by atoms with E-state index in [1.807, 2.05) is 0 Å². The van der Waals surface area contributed by atoms with Crippen LogP contribution in [0.5, 0.6) is 0 Å². The second kappa shape index (κ2) is 7.80. The van der Waals surface area contributed by atoms with E-state index in [1.54, 1.807) is 39.6 Å². The number of alkyl halides is 3. The topological polar surface area (TPSA) is 104 Å². The van der Waals surface area contributed by atoms with Gasteiger partial charge in [0.2, 0.25) is 10.9 Å². The van der Waals surface area contributed by atoms with Crippen LogP contribution in [0.25, 0.3) is 11.2 Å². The molecule has 9 nitrogen and oxygen atoms in total. The van der Waals surface area contributed by atoms with Gasteiger partial charge >= 0.3 is 12.1 Å². The van der Waals surface area contributed by atoms with Crippen molar-refractivity contribution in [2.24, 2.45) is 0 Å². The number of fused-ring (bicyclic) bond motifs is 1. The Hall–Kier alpha value is -3.22. The number of imidazole rings is 1. The van der Waals surface area contributed by atoms with Gasteiger partial charge in [0.25, 0.3) is 0 Å². The number of halogens is 3. The van der Waals surface area contributed by atoms with E-state index < -0.39 is 22.8 Å². The molecule has 0 spiro atoms. The van der Waals surface area contributed by atoms with Gasteiger partial charge in [0, 0.05) is 31.9 Å². The molecule has 1 aliphatic heterocycles. The van der Waals surface area contributed by atoms with Gasteiger partial charge in [-0.05, 0) is 19.1 Å². The van der Waals surface area contributed by atoms with E-state index in [4.69, 9.17) is 0 Å². The SMILES string of the molecule is CC1CN(c2sc(C(F)(F)F)nc2C(=O)O)CCN1C(=O)Cn1cnc2cccnc21. The zero-order valence-corrected chi connectivity index (χ0v) is 17.0. The summed E-state index contributed by atoms with van der Waals surface area (Å²) in [6.45, 7) is 2.41. The lowest BCUT2D eigenvalue weighted by atomic mass is 10.2. The second-order valence-corrected chi connectivity index (χ2v) is 8.05. The number of aromatic carboxylic acids is 1. The van der Waals surface area contributed by atoms with E-state index in [0.29, 0.717) is 22.5 Å². The van der Waals surface area contributed by atoms with Crippen molar-refractivity contribution in [1.29, 1.82) is 0 Å². The van der Waals surface area contributed by atoms with Crippen LogP contribution < -0.4 is 4.90 Å². The van der Waals surface area contributed by atoms with Crippen LogP contribution in [0.3, 0.4) is 0 Å². The van der Waals surface area contributed by atoms with Crippen LogP contribution in [-0.2, 0) is 17.5 Å². The first-order valence-electron chi connectivity index (χ1n) is 9.26. The Labute approximate surface area is 177 Å². The van der Waals surface area contributed by atoms with Crippen molar-refractivity contribution in [3.8, 4) is 0 Å². The number of amides is 1. The lowest BCUT2D eigenvalue weighted by molar-refractivity contribution is -0.137. The van der Waals surface area contributed by atoms with Crippen LogP contribution in [0.15, 0.2) is 24.7 Å². The first-order valence-corrected chi connectivity index (χ1v) is 10.1. The molecule has 3 aromatic heterocycles. The number of carbonyl (C=O) groups is 2. The van der Waals surface area contributed by atoms with Crippen LogP contribution >= 0.6 is 11.3 Å². The summed E-state index contributed by atoms with van der Waals surface area (Å²) in [5.41, 5.74) is 0.623. The van der Waals surface area contributed by atoms with Crippen molar-refractivity contribution in [2.45, 2.75) is 25.7 Å². The molecule has 4 heterocycles. The van der Waals surface area contributed by atoms with Gasteiger partial charge in [-0.1, -0.05) is 11.3 Å². The van der Waals surface area contributed by atoms with Crippen molar-refractivity contribution in [3.05, 3.63) is 35.4 Å². The number of hydrogen-bond acceptors (Lipinski definition) is 7. The van der Waals surface area contributed by atoms with Crippen molar-refractivity contribution in [1.82, 2.24) is 24.4 Å². The molecule has 3 aromatic rings. The Balaban J connectivity index is 1.49. The minimum absolute atomic E-state index is 0.0248. The fourth-order valence-electron chi connectivity index (χ4n) is 3.55. The van der Waals surface area contributed by atoms with Crippen LogP contribution in [0.4, 0.5) is 18.2 Å². The molecule has 0 saturated carbocycles. The molecule has 13 heteroatoms. The van der Waals surface area contributed by atoms with Gasteiger partial charge in [-0.15, -0.1) is 0 Å². The second-order valence-electron chi connectivity index (χ2n) is 7.08. The maximum atomic E-state index is 13.0. The number of hydrogen-bond donors (Lipinski definition) is 1. The summed E-state index contributed by atoms with van der Waals surface area (Å²) in [6.07, 6.45) is -1.58. The van der Waals surface area contributed by atoms with E-state index in [9.17, 15) is 27.9 Å². The predicted octanol–water partition coefficient (Wildman–Crippen LogP) is 2.34. The highest BCUT2D eigenvalue weighted by atomic mass is 32.1. The average molecular weight is 454 g/mol. The number of rotatable bonds is 4. The molecule has 1 atom stereocenters. The Morgan fingerprint density at radius 1 is 1.29 bits per heavy atom. The normalized spacial score (nSPS) is 17.4. The van der Waals surface area contributed by atoms with E-state index in [-0.39, 0.29) is 43.1 Å². The number of nitrogens with zero attached hydrogens (tertiary/aromatic N) is 6. The zero-order valence-electron chi connectivity index (χ0n) is 16.2. The van der Waals surface area contributed by atoms with Gasteiger partial charge in [-0.3, -0.25) is 4.79 Å². The fraction of sp³-hybridized carbons (Fsp3) is 0.389. The van der Waals surface area contributed by atoms with Gasteiger partial charge < -0.3 is 19.5 Å². The summed E-state index contributed by atoms with van der Waals surface area (Å²) >= 11 is 0.303. The third kappa shape index (κ3) is 4.04. The maximum Gasteiger partial charge on any atom is 0.443 e. The number of piperazine rings is 1. The molecule has 164 valence electrons. The van der Waals surface area contributed by atoms with E-state index >= 15 is 0 Å². The Kier molecular flexibility index (Phi) is 5.29. The first kappa shape index (κ1) is 21.0. The molecule has 0 aliphatic carbocycles. The predicted molar refractivity (Wildman–Crippen MR) is 105 cm³/mol. The molecule has 31 heavy (non-hydrogen) atoms. The van der Waals surface area contributed by atoms with E-state index in [0.717, 1.165) is 0 Å². The largest absolute Gasteiger partial charge is 0.476 e. The first-order chi connectivity index (χ1) is 14.6. The van der Waals surface area contributed by atoms with Crippen molar-refractivity contribution in [3.63, 3.8) is 0 Å². The quantitative estimate of drug-likeness (QED) is 0.645. The monoisotopic (exact) mass is 454 g/mol. The Morgan fingerprint density at radius 2 is 2.06 bits per heavy atom. The summed E-state index contributed by atoms with van der Waals surface area (Å²) in [5.74, 6) is -1.71. The molecular weight excluding hydrogens is 437 g/mol. The highest BCUT2D eigenvalue weighted by Gasteiger charge is 2.39. The molecule has 4 rings (SSSR count). The van der Waals surface area contributed by atoms with Crippen LogP contribution in [0, 0.1) is 0 Å². The molecule has 1 aliphatic rings. The average Bonchev–Trinajstić information content (AvgIpc) is 3.33. The molecule has 1 saturated heterocycles. The summed E-state index contributed by atoms with van der Waals surface area (Å²) in [5, 5.41) is 8.03. The summed E-state index contributed by atoms with van der Waals surface area (Å²) in [6, 6.07) is 3.19. The third-order valence-electron chi connectivity index (χ3n) is 4.97.